The van der Waals surface area contributed by atoms with Crippen LogP contribution in [0.3, 0.4) is 0 Å². The van der Waals surface area contributed by atoms with Crippen molar-refractivity contribution >= 4 is 12.0 Å². The number of benzene rings is 1. The van der Waals surface area contributed by atoms with Crippen LogP contribution in [-0.2, 0) is 19.0 Å². The Kier molecular flexibility index (Phi) is 6.26. The number of ether oxygens (including phenoxy) is 3. The highest BCUT2D eigenvalue weighted by Gasteiger charge is 2.71. The lowest BCUT2D eigenvalue weighted by Gasteiger charge is -2.24. The highest BCUT2D eigenvalue weighted by atomic mass is 16.6. The average molecular weight is 364 g/mol. The maximum absolute atomic E-state index is 12.9. The molecule has 1 aromatic carbocycles. The van der Waals surface area contributed by atoms with Crippen LogP contribution in [0.1, 0.15) is 32.3 Å². The highest BCUT2D eigenvalue weighted by Crippen LogP contribution is 2.58. The minimum atomic E-state index is -1.14. The second kappa shape index (κ2) is 8.05. The zero-order chi connectivity index (χ0) is 19.4. The van der Waals surface area contributed by atoms with Crippen LogP contribution in [0.5, 0.6) is 0 Å². The van der Waals surface area contributed by atoms with E-state index in [1.54, 1.807) is 27.9 Å². The molecular formula is C19H28N2O5. The van der Waals surface area contributed by atoms with Crippen LogP contribution in [0.4, 0.5) is 4.79 Å². The van der Waals surface area contributed by atoms with Gasteiger partial charge in [0.25, 0.3) is 0 Å². The van der Waals surface area contributed by atoms with Gasteiger partial charge in [-0.05, 0) is 26.3 Å². The van der Waals surface area contributed by atoms with Gasteiger partial charge < -0.3 is 24.8 Å². The van der Waals surface area contributed by atoms with Crippen molar-refractivity contribution < 1.29 is 23.8 Å². The van der Waals surface area contributed by atoms with Crippen LogP contribution >= 0.6 is 0 Å². The molecule has 0 radical (unpaired) electrons. The van der Waals surface area contributed by atoms with Crippen molar-refractivity contribution in [2.75, 3.05) is 27.6 Å². The van der Waals surface area contributed by atoms with Crippen molar-refractivity contribution in [1.82, 2.24) is 10.6 Å². The summed E-state index contributed by atoms with van der Waals surface area (Å²) in [6.07, 6.45) is -0.635. The minimum absolute atomic E-state index is 0.0534. The Morgan fingerprint density at radius 3 is 2.31 bits per heavy atom. The van der Waals surface area contributed by atoms with Gasteiger partial charge in [-0.25, -0.2) is 4.79 Å². The van der Waals surface area contributed by atoms with Gasteiger partial charge in [0.2, 0.25) is 5.91 Å². The lowest BCUT2D eigenvalue weighted by molar-refractivity contribution is -0.126. The normalized spacial score (nSPS) is 24.7. The van der Waals surface area contributed by atoms with Gasteiger partial charge in [0, 0.05) is 26.1 Å². The smallest absolute Gasteiger partial charge is 0.408 e. The van der Waals surface area contributed by atoms with Crippen LogP contribution in [-0.4, -0.2) is 50.7 Å². The van der Waals surface area contributed by atoms with Crippen molar-refractivity contribution in [2.45, 2.75) is 37.8 Å². The van der Waals surface area contributed by atoms with Crippen molar-refractivity contribution in [3.8, 4) is 0 Å². The molecule has 0 spiro atoms. The molecule has 1 aliphatic carbocycles. The largest absolute Gasteiger partial charge is 0.444 e. The molecule has 0 aliphatic heterocycles. The van der Waals surface area contributed by atoms with Gasteiger partial charge in [0.15, 0.2) is 0 Å². The van der Waals surface area contributed by atoms with Gasteiger partial charge in [-0.2, -0.15) is 0 Å². The average Bonchev–Trinajstić information content (AvgIpc) is 3.19. The standard InChI is InChI=1S/C19H28N2O5/c1-18(2,3)26-17(23)21-19(16(22)20-12-25-5)14(11-24-4)15(19)13-9-7-6-8-10-13/h6-10,14-15H,11-12H2,1-5H3,(H,20,22)(H,21,23). The van der Waals surface area contributed by atoms with Crippen LogP contribution in [0.25, 0.3) is 0 Å². The van der Waals surface area contributed by atoms with E-state index in [1.807, 2.05) is 30.3 Å². The Morgan fingerprint density at radius 1 is 1.12 bits per heavy atom. The van der Waals surface area contributed by atoms with Crippen molar-refractivity contribution in [3.05, 3.63) is 35.9 Å². The zero-order valence-electron chi connectivity index (χ0n) is 16.0. The number of alkyl carbamates (subject to hydrolysis) is 1. The molecular weight excluding hydrogens is 336 g/mol. The van der Waals surface area contributed by atoms with Crippen molar-refractivity contribution in [2.24, 2.45) is 5.92 Å². The lowest BCUT2D eigenvalue weighted by Crippen LogP contribution is -2.53. The molecule has 7 heteroatoms. The molecule has 0 aromatic heterocycles. The summed E-state index contributed by atoms with van der Waals surface area (Å²) in [7, 11) is 3.06. The van der Waals surface area contributed by atoms with Gasteiger partial charge in [-0.1, -0.05) is 30.3 Å². The van der Waals surface area contributed by atoms with Crippen molar-refractivity contribution in [3.63, 3.8) is 0 Å². The summed E-state index contributed by atoms with van der Waals surface area (Å²) < 4.78 is 15.6. The van der Waals surface area contributed by atoms with Gasteiger partial charge >= 0.3 is 6.09 Å². The third-order valence-electron chi connectivity index (χ3n) is 4.33. The first-order chi connectivity index (χ1) is 12.3. The van der Waals surface area contributed by atoms with Gasteiger partial charge in [0.1, 0.15) is 17.9 Å². The van der Waals surface area contributed by atoms with E-state index in [2.05, 4.69) is 10.6 Å². The summed E-state index contributed by atoms with van der Waals surface area (Å²) >= 11 is 0. The van der Waals surface area contributed by atoms with Crippen LogP contribution < -0.4 is 10.6 Å². The number of carbonyl (C=O) groups excluding carboxylic acids is 2. The summed E-state index contributed by atoms with van der Waals surface area (Å²) in [6.45, 7) is 5.71. The number of nitrogens with one attached hydrogen (secondary N) is 2. The fourth-order valence-corrected chi connectivity index (χ4v) is 3.32. The molecule has 0 saturated heterocycles. The molecule has 144 valence electrons. The molecule has 1 fully saturated rings. The number of rotatable bonds is 7. The molecule has 3 atom stereocenters. The third-order valence-corrected chi connectivity index (χ3v) is 4.33. The van der Waals surface area contributed by atoms with Gasteiger partial charge in [-0.15, -0.1) is 0 Å². The SMILES string of the molecule is COCNC(=O)C1(NC(=O)OC(C)(C)C)C(COC)C1c1ccccc1. The number of carbonyl (C=O) groups is 2. The third kappa shape index (κ3) is 4.34. The van der Waals surface area contributed by atoms with E-state index in [9.17, 15) is 9.59 Å². The summed E-state index contributed by atoms with van der Waals surface area (Å²) in [5, 5.41) is 5.51. The molecule has 7 nitrogen and oxygen atoms in total. The molecule has 1 aliphatic rings. The van der Waals surface area contributed by atoms with E-state index in [0.29, 0.717) is 6.61 Å². The van der Waals surface area contributed by atoms with E-state index in [1.165, 1.54) is 7.11 Å². The van der Waals surface area contributed by atoms with Gasteiger partial charge in [0.05, 0.1) is 6.61 Å². The predicted octanol–water partition coefficient (Wildman–Crippen LogP) is 2.03. The lowest BCUT2D eigenvalue weighted by atomic mass is 10.1. The molecule has 2 amide bonds. The summed E-state index contributed by atoms with van der Waals surface area (Å²) in [4.78, 5) is 25.4. The van der Waals surface area contributed by atoms with E-state index in [4.69, 9.17) is 14.2 Å². The van der Waals surface area contributed by atoms with Crippen LogP contribution in [0, 0.1) is 5.92 Å². The quantitative estimate of drug-likeness (QED) is 0.723. The second-order valence-electron chi connectivity index (χ2n) is 7.39. The Bertz CT molecular complexity index is 629. The number of hydrogen-bond donors (Lipinski definition) is 2. The molecule has 2 N–H and O–H groups in total. The Labute approximate surface area is 154 Å². The Morgan fingerprint density at radius 2 is 1.77 bits per heavy atom. The minimum Gasteiger partial charge on any atom is -0.444 e. The number of amides is 2. The molecule has 1 saturated carbocycles. The summed E-state index contributed by atoms with van der Waals surface area (Å²) in [6, 6.07) is 9.60. The molecule has 0 heterocycles. The molecule has 2 rings (SSSR count). The molecule has 3 unspecified atom stereocenters. The van der Waals surface area contributed by atoms with Gasteiger partial charge in [-0.3, -0.25) is 4.79 Å². The number of methoxy groups -OCH3 is 2. The van der Waals surface area contributed by atoms with E-state index in [0.717, 1.165) is 5.56 Å². The first-order valence-electron chi connectivity index (χ1n) is 8.58. The number of hydrogen-bond acceptors (Lipinski definition) is 5. The maximum Gasteiger partial charge on any atom is 0.408 e. The molecule has 26 heavy (non-hydrogen) atoms. The van der Waals surface area contributed by atoms with Crippen molar-refractivity contribution in [1.29, 1.82) is 0 Å². The first-order valence-corrected chi connectivity index (χ1v) is 8.58. The second-order valence-corrected chi connectivity index (χ2v) is 7.39. The Balaban J connectivity index is 2.33. The Hall–Kier alpha value is -2.12. The summed E-state index contributed by atoms with van der Waals surface area (Å²) in [5.74, 6) is -0.742. The maximum atomic E-state index is 12.9. The molecule has 1 aromatic rings. The highest BCUT2D eigenvalue weighted by molar-refractivity contribution is 5.96. The monoisotopic (exact) mass is 364 g/mol. The van der Waals surface area contributed by atoms with Crippen LogP contribution in [0.2, 0.25) is 0 Å². The predicted molar refractivity (Wildman–Crippen MR) is 96.7 cm³/mol. The van der Waals surface area contributed by atoms with E-state index in [-0.39, 0.29) is 24.5 Å². The topological polar surface area (TPSA) is 85.9 Å². The van der Waals surface area contributed by atoms with Crippen LogP contribution in [0.15, 0.2) is 30.3 Å². The summed E-state index contributed by atoms with van der Waals surface area (Å²) in [5.41, 5.74) is -0.849. The zero-order valence-corrected chi connectivity index (χ0v) is 16.0. The molecule has 0 bridgehead atoms. The fourth-order valence-electron chi connectivity index (χ4n) is 3.32. The van der Waals surface area contributed by atoms with E-state index < -0.39 is 17.2 Å². The fraction of sp³-hybridized carbons (Fsp3) is 0.579. The first kappa shape index (κ1) is 20.2. The van der Waals surface area contributed by atoms with E-state index >= 15 is 0 Å².